The van der Waals surface area contributed by atoms with E-state index < -0.39 is 12.0 Å². The molecule has 17 heavy (non-hydrogen) atoms. The Morgan fingerprint density at radius 2 is 1.94 bits per heavy atom. The zero-order valence-corrected chi connectivity index (χ0v) is 9.85. The highest BCUT2D eigenvalue weighted by Crippen LogP contribution is 2.05. The first kappa shape index (κ1) is 13.2. The summed E-state index contributed by atoms with van der Waals surface area (Å²) in [5.41, 5.74) is 1.07. The van der Waals surface area contributed by atoms with E-state index in [1.807, 2.05) is 30.3 Å². The molecule has 0 fully saturated rings. The summed E-state index contributed by atoms with van der Waals surface area (Å²) < 4.78 is 0. The summed E-state index contributed by atoms with van der Waals surface area (Å²) in [6.07, 6.45) is 1.35. The van der Waals surface area contributed by atoms with Crippen LogP contribution in [0.5, 0.6) is 0 Å². The van der Waals surface area contributed by atoms with Gasteiger partial charge in [-0.3, -0.25) is 4.79 Å². The van der Waals surface area contributed by atoms with Crippen LogP contribution in [0, 0.1) is 0 Å². The van der Waals surface area contributed by atoms with Crippen LogP contribution in [-0.2, 0) is 16.0 Å². The molecule has 1 aromatic rings. The molecule has 2 N–H and O–H groups in total. The Balaban J connectivity index is 2.50. The lowest BCUT2D eigenvalue weighted by atomic mass is 10.1. The van der Waals surface area contributed by atoms with Crippen molar-refractivity contribution in [1.82, 2.24) is 5.32 Å². The zero-order chi connectivity index (χ0) is 12.7. The molecule has 0 bridgehead atoms. The fourth-order valence-corrected chi connectivity index (χ4v) is 1.51. The number of carboxylic acids is 1. The average molecular weight is 235 g/mol. The Kier molecular flexibility index (Phi) is 5.20. The summed E-state index contributed by atoms with van der Waals surface area (Å²) in [4.78, 5) is 22.1. The van der Waals surface area contributed by atoms with E-state index >= 15 is 0 Å². The largest absolute Gasteiger partial charge is 0.480 e. The predicted octanol–water partition coefficient (Wildman–Crippen LogP) is 1.60. The van der Waals surface area contributed by atoms with E-state index in [1.54, 1.807) is 6.92 Å². The molecule has 92 valence electrons. The highest BCUT2D eigenvalue weighted by atomic mass is 16.4. The van der Waals surface area contributed by atoms with Crippen molar-refractivity contribution in [3.63, 3.8) is 0 Å². The average Bonchev–Trinajstić information content (AvgIpc) is 2.35. The van der Waals surface area contributed by atoms with Crippen LogP contribution in [0.25, 0.3) is 0 Å². The van der Waals surface area contributed by atoms with Crippen LogP contribution in [0.1, 0.15) is 25.3 Å². The SMILES string of the molecule is CCC(=O)N[C@@H](CCc1ccccc1)C(=O)O. The summed E-state index contributed by atoms with van der Waals surface area (Å²) in [6.45, 7) is 1.70. The van der Waals surface area contributed by atoms with E-state index in [1.165, 1.54) is 0 Å². The maximum absolute atomic E-state index is 11.2. The van der Waals surface area contributed by atoms with Gasteiger partial charge in [0.2, 0.25) is 5.91 Å². The molecule has 0 heterocycles. The van der Waals surface area contributed by atoms with Crippen molar-refractivity contribution < 1.29 is 14.7 Å². The molecule has 0 spiro atoms. The van der Waals surface area contributed by atoms with Gasteiger partial charge < -0.3 is 10.4 Å². The number of aryl methyl sites for hydroxylation is 1. The minimum atomic E-state index is -0.984. The molecule has 0 aliphatic rings. The number of hydrogen-bond acceptors (Lipinski definition) is 2. The first-order valence-corrected chi connectivity index (χ1v) is 5.69. The molecule has 0 aliphatic carbocycles. The number of aliphatic carboxylic acids is 1. The maximum Gasteiger partial charge on any atom is 0.326 e. The Bertz CT molecular complexity index is 376. The molecule has 0 saturated heterocycles. The van der Waals surface area contributed by atoms with Gasteiger partial charge in [0.15, 0.2) is 0 Å². The number of carboxylic acid groups (broad SMARTS) is 1. The van der Waals surface area contributed by atoms with Crippen molar-refractivity contribution in [3.05, 3.63) is 35.9 Å². The standard InChI is InChI=1S/C13H17NO3/c1-2-12(15)14-11(13(16)17)9-8-10-6-4-3-5-7-10/h3-7,11H,2,8-9H2,1H3,(H,14,15)(H,16,17)/t11-/m0/s1. The monoisotopic (exact) mass is 235 g/mol. The van der Waals surface area contributed by atoms with E-state index in [4.69, 9.17) is 5.11 Å². The van der Waals surface area contributed by atoms with Gasteiger partial charge in [0.1, 0.15) is 6.04 Å². The molecule has 0 aromatic heterocycles. The molecule has 1 rings (SSSR count). The quantitative estimate of drug-likeness (QED) is 0.787. The summed E-state index contributed by atoms with van der Waals surface area (Å²) >= 11 is 0. The third-order valence-corrected chi connectivity index (χ3v) is 2.52. The molecule has 1 aromatic carbocycles. The lowest BCUT2D eigenvalue weighted by molar-refractivity contribution is -0.141. The second-order valence-corrected chi connectivity index (χ2v) is 3.84. The zero-order valence-electron chi connectivity index (χ0n) is 9.85. The fourth-order valence-electron chi connectivity index (χ4n) is 1.51. The Hall–Kier alpha value is -1.84. The van der Waals surface area contributed by atoms with Crippen LogP contribution in [-0.4, -0.2) is 23.0 Å². The number of carbonyl (C=O) groups excluding carboxylic acids is 1. The second kappa shape index (κ2) is 6.68. The Labute approximate surface area is 101 Å². The minimum absolute atomic E-state index is 0.231. The summed E-state index contributed by atoms with van der Waals surface area (Å²) in [5.74, 6) is -1.21. The molecule has 0 radical (unpaired) electrons. The number of carbonyl (C=O) groups is 2. The van der Waals surface area contributed by atoms with Crippen LogP contribution in [0.2, 0.25) is 0 Å². The lowest BCUT2D eigenvalue weighted by Crippen LogP contribution is -2.40. The fraction of sp³-hybridized carbons (Fsp3) is 0.385. The Morgan fingerprint density at radius 1 is 1.29 bits per heavy atom. The molecular weight excluding hydrogens is 218 g/mol. The van der Waals surface area contributed by atoms with Crippen molar-refractivity contribution >= 4 is 11.9 Å². The molecule has 1 atom stereocenters. The van der Waals surface area contributed by atoms with Gasteiger partial charge in [-0.05, 0) is 18.4 Å². The van der Waals surface area contributed by atoms with Crippen LogP contribution >= 0.6 is 0 Å². The Morgan fingerprint density at radius 3 is 2.47 bits per heavy atom. The van der Waals surface area contributed by atoms with Crippen molar-refractivity contribution in [2.75, 3.05) is 0 Å². The number of nitrogens with one attached hydrogen (secondary N) is 1. The number of rotatable bonds is 6. The van der Waals surface area contributed by atoms with Crippen molar-refractivity contribution in [1.29, 1.82) is 0 Å². The summed E-state index contributed by atoms with van der Waals surface area (Å²) in [6, 6.07) is 8.83. The van der Waals surface area contributed by atoms with Crippen LogP contribution in [0.3, 0.4) is 0 Å². The molecule has 4 nitrogen and oxygen atoms in total. The van der Waals surface area contributed by atoms with Gasteiger partial charge in [-0.15, -0.1) is 0 Å². The van der Waals surface area contributed by atoms with Crippen LogP contribution in [0.4, 0.5) is 0 Å². The van der Waals surface area contributed by atoms with E-state index in [0.29, 0.717) is 19.3 Å². The van der Waals surface area contributed by atoms with Crippen LogP contribution < -0.4 is 5.32 Å². The molecule has 1 amide bonds. The van der Waals surface area contributed by atoms with Gasteiger partial charge in [-0.2, -0.15) is 0 Å². The number of benzene rings is 1. The first-order chi connectivity index (χ1) is 8.13. The van der Waals surface area contributed by atoms with Gasteiger partial charge >= 0.3 is 5.97 Å². The summed E-state index contributed by atoms with van der Waals surface area (Å²) in [5, 5.41) is 11.5. The van der Waals surface area contributed by atoms with E-state index in [0.717, 1.165) is 5.56 Å². The number of amides is 1. The molecular formula is C13H17NO3. The minimum Gasteiger partial charge on any atom is -0.480 e. The molecule has 0 aliphatic heterocycles. The van der Waals surface area contributed by atoms with Crippen LogP contribution in [0.15, 0.2) is 30.3 Å². The molecule has 4 heteroatoms. The van der Waals surface area contributed by atoms with Crippen molar-refractivity contribution in [2.45, 2.75) is 32.2 Å². The maximum atomic E-state index is 11.2. The van der Waals surface area contributed by atoms with Gasteiger partial charge in [-0.25, -0.2) is 4.79 Å². The second-order valence-electron chi connectivity index (χ2n) is 3.84. The van der Waals surface area contributed by atoms with Gasteiger partial charge in [0, 0.05) is 6.42 Å². The molecule has 0 saturated carbocycles. The molecule has 0 unspecified atom stereocenters. The third-order valence-electron chi connectivity index (χ3n) is 2.52. The predicted molar refractivity (Wildman–Crippen MR) is 64.6 cm³/mol. The first-order valence-electron chi connectivity index (χ1n) is 5.69. The smallest absolute Gasteiger partial charge is 0.326 e. The van der Waals surface area contributed by atoms with E-state index in [-0.39, 0.29) is 5.91 Å². The van der Waals surface area contributed by atoms with E-state index in [9.17, 15) is 9.59 Å². The number of hydrogen-bond donors (Lipinski definition) is 2. The highest BCUT2D eigenvalue weighted by Gasteiger charge is 2.18. The topological polar surface area (TPSA) is 66.4 Å². The van der Waals surface area contributed by atoms with Crippen molar-refractivity contribution in [3.8, 4) is 0 Å². The van der Waals surface area contributed by atoms with Gasteiger partial charge in [0.25, 0.3) is 0 Å². The third kappa shape index (κ3) is 4.68. The van der Waals surface area contributed by atoms with Gasteiger partial charge in [0.05, 0.1) is 0 Å². The normalized spacial score (nSPS) is 11.8. The van der Waals surface area contributed by atoms with Gasteiger partial charge in [-0.1, -0.05) is 37.3 Å². The highest BCUT2D eigenvalue weighted by molar-refractivity contribution is 5.83. The lowest BCUT2D eigenvalue weighted by Gasteiger charge is -2.13. The van der Waals surface area contributed by atoms with Crippen molar-refractivity contribution in [2.24, 2.45) is 0 Å². The van der Waals surface area contributed by atoms with E-state index in [2.05, 4.69) is 5.32 Å². The summed E-state index contributed by atoms with van der Waals surface area (Å²) in [7, 11) is 0.